The molecule has 0 bridgehead atoms. The summed E-state index contributed by atoms with van der Waals surface area (Å²) >= 11 is 0. The fraction of sp³-hybridized carbons (Fsp3) is 0. The first kappa shape index (κ1) is 25.1. The smallest absolute Gasteiger partial charge is 0.0552 e. The molecule has 0 fully saturated rings. The van der Waals surface area contributed by atoms with Crippen LogP contribution in [0.4, 0.5) is 17.1 Å². The van der Waals surface area contributed by atoms with Gasteiger partial charge in [0.15, 0.2) is 0 Å². The van der Waals surface area contributed by atoms with Crippen LogP contribution in [-0.2, 0) is 0 Å². The maximum atomic E-state index is 2.41. The van der Waals surface area contributed by atoms with E-state index in [0.29, 0.717) is 0 Å². The predicted molar refractivity (Wildman–Crippen MR) is 185 cm³/mol. The van der Waals surface area contributed by atoms with Crippen LogP contribution in [-0.4, -0.2) is 0 Å². The number of fused-ring (bicyclic) bond motifs is 5. The van der Waals surface area contributed by atoms with Gasteiger partial charge in [-0.25, -0.2) is 0 Å². The van der Waals surface area contributed by atoms with Crippen molar-refractivity contribution in [2.24, 2.45) is 0 Å². The largest absolute Gasteiger partial charge is 0.310 e. The molecule has 202 valence electrons. The zero-order chi connectivity index (χ0) is 28.6. The molecule has 0 aliphatic rings. The lowest BCUT2D eigenvalue weighted by atomic mass is 9.94. The van der Waals surface area contributed by atoms with Crippen LogP contribution in [0.15, 0.2) is 176 Å². The SMILES string of the molecule is c1ccc(-c2ccc(-c3ccc(N(c4ccccc4)c4cc5ccccc5c5ccc6ccccc6c45)cc3)cc2)cc1. The second-order valence-electron chi connectivity index (χ2n) is 11.0. The van der Waals surface area contributed by atoms with Crippen LogP contribution in [0.1, 0.15) is 0 Å². The minimum atomic E-state index is 1.13. The summed E-state index contributed by atoms with van der Waals surface area (Å²) < 4.78 is 0. The molecule has 0 spiro atoms. The minimum Gasteiger partial charge on any atom is -0.310 e. The number of anilines is 3. The number of hydrogen-bond acceptors (Lipinski definition) is 1. The van der Waals surface area contributed by atoms with Crippen molar-refractivity contribution in [1.29, 1.82) is 0 Å². The molecule has 43 heavy (non-hydrogen) atoms. The quantitative estimate of drug-likeness (QED) is 0.194. The highest BCUT2D eigenvalue weighted by Crippen LogP contribution is 2.44. The highest BCUT2D eigenvalue weighted by Gasteiger charge is 2.19. The molecule has 0 radical (unpaired) electrons. The van der Waals surface area contributed by atoms with Crippen LogP contribution < -0.4 is 4.90 Å². The Morgan fingerprint density at radius 3 is 1.47 bits per heavy atom. The monoisotopic (exact) mass is 547 g/mol. The topological polar surface area (TPSA) is 3.24 Å². The van der Waals surface area contributed by atoms with Gasteiger partial charge in [0, 0.05) is 16.8 Å². The van der Waals surface area contributed by atoms with E-state index < -0.39 is 0 Å². The highest BCUT2D eigenvalue weighted by molar-refractivity contribution is 6.23. The first-order valence-electron chi connectivity index (χ1n) is 14.8. The minimum absolute atomic E-state index is 1.13. The maximum absolute atomic E-state index is 2.41. The van der Waals surface area contributed by atoms with Gasteiger partial charge in [-0.3, -0.25) is 0 Å². The second-order valence-corrected chi connectivity index (χ2v) is 11.0. The molecule has 0 saturated carbocycles. The van der Waals surface area contributed by atoms with E-state index >= 15 is 0 Å². The molecule has 0 atom stereocenters. The lowest BCUT2D eigenvalue weighted by Crippen LogP contribution is -2.10. The maximum Gasteiger partial charge on any atom is 0.0552 e. The van der Waals surface area contributed by atoms with Crippen molar-refractivity contribution in [2.45, 2.75) is 0 Å². The van der Waals surface area contributed by atoms with E-state index in [1.54, 1.807) is 0 Å². The van der Waals surface area contributed by atoms with Crippen molar-refractivity contribution < 1.29 is 0 Å². The number of benzene rings is 8. The summed E-state index contributed by atoms with van der Waals surface area (Å²) in [6, 6.07) is 63.4. The Bertz CT molecular complexity index is 2200. The van der Waals surface area contributed by atoms with E-state index in [0.717, 1.165) is 11.4 Å². The van der Waals surface area contributed by atoms with Gasteiger partial charge in [0.25, 0.3) is 0 Å². The molecule has 0 unspecified atom stereocenters. The van der Waals surface area contributed by atoms with Crippen molar-refractivity contribution in [1.82, 2.24) is 0 Å². The Hall–Kier alpha value is -5.66. The molecule has 0 N–H and O–H groups in total. The van der Waals surface area contributed by atoms with Gasteiger partial charge in [0.2, 0.25) is 0 Å². The van der Waals surface area contributed by atoms with E-state index in [1.807, 2.05) is 0 Å². The Kier molecular flexibility index (Phi) is 6.20. The number of nitrogens with zero attached hydrogens (tertiary/aromatic N) is 1. The molecule has 0 aliphatic heterocycles. The van der Waals surface area contributed by atoms with Crippen molar-refractivity contribution in [3.63, 3.8) is 0 Å². The molecular formula is C42H29N. The lowest BCUT2D eigenvalue weighted by Gasteiger charge is -2.28. The highest BCUT2D eigenvalue weighted by atomic mass is 15.1. The van der Waals surface area contributed by atoms with Crippen molar-refractivity contribution in [3.05, 3.63) is 176 Å². The fourth-order valence-corrected chi connectivity index (χ4v) is 6.33. The van der Waals surface area contributed by atoms with Gasteiger partial charge in [-0.05, 0) is 79.5 Å². The number of hydrogen-bond donors (Lipinski definition) is 0. The zero-order valence-corrected chi connectivity index (χ0v) is 23.7. The fourth-order valence-electron chi connectivity index (χ4n) is 6.33. The van der Waals surface area contributed by atoms with E-state index in [-0.39, 0.29) is 0 Å². The number of rotatable bonds is 5. The van der Waals surface area contributed by atoms with E-state index in [4.69, 9.17) is 0 Å². The Balaban J connectivity index is 1.29. The van der Waals surface area contributed by atoms with E-state index in [2.05, 4.69) is 181 Å². The summed E-state index contributed by atoms with van der Waals surface area (Å²) in [5, 5.41) is 7.54. The van der Waals surface area contributed by atoms with Gasteiger partial charge >= 0.3 is 0 Å². The standard InChI is InChI=1S/C42H29N/c1-3-11-30(12-4-1)31-19-21-32(22-20-31)33-23-26-37(27-24-33)43(36-15-5-2-6-16-36)41-29-35-14-8-9-17-38(35)40-28-25-34-13-7-10-18-39(34)42(40)41/h1-29H. The molecule has 0 saturated heterocycles. The Labute approximate surface area is 251 Å². The van der Waals surface area contributed by atoms with Gasteiger partial charge in [-0.1, -0.05) is 146 Å². The van der Waals surface area contributed by atoms with Crippen LogP contribution in [0.25, 0.3) is 54.6 Å². The first-order valence-corrected chi connectivity index (χ1v) is 14.8. The van der Waals surface area contributed by atoms with Gasteiger partial charge in [0.05, 0.1) is 5.69 Å². The van der Waals surface area contributed by atoms with Crippen LogP contribution in [0.5, 0.6) is 0 Å². The molecule has 0 amide bonds. The summed E-state index contributed by atoms with van der Waals surface area (Å²) in [6.45, 7) is 0. The lowest BCUT2D eigenvalue weighted by molar-refractivity contribution is 1.30. The van der Waals surface area contributed by atoms with Crippen molar-refractivity contribution >= 4 is 49.4 Å². The van der Waals surface area contributed by atoms with Crippen LogP contribution in [0.3, 0.4) is 0 Å². The zero-order valence-electron chi connectivity index (χ0n) is 23.7. The normalized spacial score (nSPS) is 11.3. The van der Waals surface area contributed by atoms with Crippen LogP contribution >= 0.6 is 0 Å². The third kappa shape index (κ3) is 4.52. The summed E-state index contributed by atoms with van der Waals surface area (Å²) in [7, 11) is 0. The molecular weight excluding hydrogens is 518 g/mol. The Morgan fingerprint density at radius 1 is 0.302 bits per heavy atom. The molecule has 1 heteroatoms. The summed E-state index contributed by atoms with van der Waals surface area (Å²) in [5.41, 5.74) is 8.30. The second kappa shape index (κ2) is 10.6. The van der Waals surface area contributed by atoms with Crippen molar-refractivity contribution in [3.8, 4) is 22.3 Å². The molecule has 0 heterocycles. The van der Waals surface area contributed by atoms with Gasteiger partial charge in [-0.15, -0.1) is 0 Å². The summed E-state index contributed by atoms with van der Waals surface area (Å²) in [4.78, 5) is 2.41. The molecule has 8 aromatic rings. The first-order chi connectivity index (χ1) is 21.3. The van der Waals surface area contributed by atoms with Crippen LogP contribution in [0.2, 0.25) is 0 Å². The van der Waals surface area contributed by atoms with E-state index in [1.165, 1.54) is 60.3 Å². The number of para-hydroxylation sites is 1. The molecule has 8 rings (SSSR count). The molecule has 0 aliphatic carbocycles. The van der Waals surface area contributed by atoms with Crippen molar-refractivity contribution in [2.75, 3.05) is 4.90 Å². The summed E-state index contributed by atoms with van der Waals surface area (Å²) in [6.07, 6.45) is 0. The van der Waals surface area contributed by atoms with E-state index in [9.17, 15) is 0 Å². The molecule has 8 aromatic carbocycles. The summed E-state index contributed by atoms with van der Waals surface area (Å²) in [5.74, 6) is 0. The third-order valence-corrected chi connectivity index (χ3v) is 8.43. The van der Waals surface area contributed by atoms with Crippen LogP contribution in [0, 0.1) is 0 Å². The average Bonchev–Trinajstić information content (AvgIpc) is 3.09. The third-order valence-electron chi connectivity index (χ3n) is 8.43. The average molecular weight is 548 g/mol. The van der Waals surface area contributed by atoms with Gasteiger partial charge < -0.3 is 4.90 Å². The van der Waals surface area contributed by atoms with Gasteiger partial charge in [0.1, 0.15) is 0 Å². The molecule has 1 nitrogen and oxygen atoms in total. The van der Waals surface area contributed by atoms with Gasteiger partial charge in [-0.2, -0.15) is 0 Å². The predicted octanol–water partition coefficient (Wildman–Crippen LogP) is 11.9. The Morgan fingerprint density at radius 2 is 0.791 bits per heavy atom. The molecule has 0 aromatic heterocycles.